The lowest BCUT2D eigenvalue weighted by atomic mass is 9.75. The molecule has 1 aliphatic heterocycles. The number of aliphatic hydroxyl groups excluding tert-OH is 1. The van der Waals surface area contributed by atoms with Crippen LogP contribution in [0, 0.1) is 5.92 Å². The number of hydrogen-bond acceptors (Lipinski definition) is 8. The Hall–Kier alpha value is -3.36. The molecule has 1 aliphatic carbocycles. The first-order valence-electron chi connectivity index (χ1n) is 9.39. The van der Waals surface area contributed by atoms with Crippen LogP contribution in [0.2, 0.25) is 0 Å². The maximum atomic E-state index is 13.5. The molecule has 0 radical (unpaired) electrons. The van der Waals surface area contributed by atoms with Crippen LogP contribution in [0.1, 0.15) is 41.0 Å². The second-order valence-electron chi connectivity index (χ2n) is 7.03. The van der Waals surface area contributed by atoms with Crippen molar-refractivity contribution < 1.29 is 38.5 Å². The van der Waals surface area contributed by atoms with Gasteiger partial charge in [0, 0.05) is 23.4 Å². The quantitative estimate of drug-likeness (QED) is 0.464. The first-order chi connectivity index (χ1) is 14.4. The van der Waals surface area contributed by atoms with Crippen molar-refractivity contribution in [3.63, 3.8) is 0 Å². The van der Waals surface area contributed by atoms with Crippen molar-refractivity contribution in [1.82, 2.24) is 0 Å². The summed E-state index contributed by atoms with van der Waals surface area (Å²) in [5, 5.41) is 11.6. The third kappa shape index (κ3) is 2.92. The smallest absolute Gasteiger partial charge is 0.308 e. The van der Waals surface area contributed by atoms with E-state index < -0.39 is 36.0 Å². The molecule has 0 amide bonds. The Labute approximate surface area is 171 Å². The molecule has 1 unspecified atom stereocenters. The molecule has 2 aromatic carbocycles. The molecule has 0 saturated carbocycles. The van der Waals surface area contributed by atoms with Crippen LogP contribution < -0.4 is 4.74 Å². The van der Waals surface area contributed by atoms with Crippen LogP contribution in [0.4, 0.5) is 0 Å². The lowest BCUT2D eigenvalue weighted by Gasteiger charge is -2.37. The van der Waals surface area contributed by atoms with Crippen LogP contribution in [-0.2, 0) is 19.1 Å². The molecule has 1 N–H and O–H groups in total. The fourth-order valence-corrected chi connectivity index (χ4v) is 4.11. The van der Waals surface area contributed by atoms with Crippen LogP contribution in [0.3, 0.4) is 0 Å². The van der Waals surface area contributed by atoms with E-state index in [1.807, 2.05) is 0 Å². The van der Waals surface area contributed by atoms with Gasteiger partial charge in [-0.25, -0.2) is 0 Å². The van der Waals surface area contributed by atoms with E-state index in [0.717, 1.165) is 0 Å². The van der Waals surface area contributed by atoms with Gasteiger partial charge in [-0.3, -0.25) is 19.2 Å². The van der Waals surface area contributed by atoms with Crippen LogP contribution in [0.5, 0.6) is 5.75 Å². The molecule has 0 spiro atoms. The number of Topliss-reactive ketones (excluding diaryl/α,β-unsaturated/α-hetero) is 2. The minimum atomic E-state index is -1.77. The predicted octanol–water partition coefficient (Wildman–Crippen LogP) is 2.31. The number of esters is 1. The minimum absolute atomic E-state index is 0.0352. The summed E-state index contributed by atoms with van der Waals surface area (Å²) in [5.74, 6) is -2.60. The first-order valence-corrected chi connectivity index (χ1v) is 9.39. The van der Waals surface area contributed by atoms with Crippen LogP contribution in [0.15, 0.2) is 41.5 Å². The second-order valence-corrected chi connectivity index (χ2v) is 7.03. The van der Waals surface area contributed by atoms with Crippen molar-refractivity contribution in [3.05, 3.63) is 52.6 Å². The highest BCUT2D eigenvalue weighted by atomic mass is 16.7. The van der Waals surface area contributed by atoms with E-state index in [1.54, 1.807) is 37.3 Å². The minimum Gasteiger partial charge on any atom is -0.437 e. The Bertz CT molecular complexity index is 1130. The highest BCUT2D eigenvalue weighted by Crippen LogP contribution is 2.44. The summed E-state index contributed by atoms with van der Waals surface area (Å²) in [6.45, 7) is 3.11. The zero-order valence-corrected chi connectivity index (χ0v) is 16.2. The van der Waals surface area contributed by atoms with Crippen molar-refractivity contribution >= 4 is 34.8 Å². The molecular weight excluding hydrogens is 392 g/mol. The summed E-state index contributed by atoms with van der Waals surface area (Å²) in [7, 11) is 0. The first kappa shape index (κ1) is 19.9. The number of carbonyl (C=O) groups is 4. The molecular formula is C22H18O8. The third-order valence-electron chi connectivity index (χ3n) is 5.34. The number of hydrogen-bond donors (Lipinski definition) is 1. The second kappa shape index (κ2) is 7.47. The van der Waals surface area contributed by atoms with Gasteiger partial charge in [0.15, 0.2) is 23.6 Å². The van der Waals surface area contributed by atoms with Crippen molar-refractivity contribution in [2.24, 2.45) is 5.92 Å². The average molecular weight is 410 g/mol. The molecule has 1 heterocycles. The molecule has 3 atom stereocenters. The Balaban J connectivity index is 2.00. The third-order valence-corrected chi connectivity index (χ3v) is 5.34. The van der Waals surface area contributed by atoms with E-state index in [9.17, 15) is 24.3 Å². The fourth-order valence-electron chi connectivity index (χ4n) is 4.11. The van der Waals surface area contributed by atoms with E-state index >= 15 is 0 Å². The monoisotopic (exact) mass is 410 g/mol. The van der Waals surface area contributed by atoms with Gasteiger partial charge in [-0.15, -0.1) is 0 Å². The van der Waals surface area contributed by atoms with Gasteiger partial charge in [0.25, 0.3) is 6.47 Å². The molecule has 8 nitrogen and oxygen atoms in total. The van der Waals surface area contributed by atoms with Gasteiger partial charge in [0.1, 0.15) is 0 Å². The lowest BCUT2D eigenvalue weighted by molar-refractivity contribution is -0.226. The molecule has 30 heavy (non-hydrogen) atoms. The maximum absolute atomic E-state index is 13.5. The topological polar surface area (TPSA) is 116 Å². The summed E-state index contributed by atoms with van der Waals surface area (Å²) in [6.07, 6.45) is -2.65. The molecule has 2 aromatic rings. The zero-order valence-electron chi connectivity index (χ0n) is 16.2. The van der Waals surface area contributed by atoms with Gasteiger partial charge in [-0.05, 0) is 17.9 Å². The Morgan fingerprint density at radius 3 is 2.60 bits per heavy atom. The number of carbonyl (C=O) groups excluding carboxylic acids is 4. The molecule has 2 aliphatic rings. The summed E-state index contributed by atoms with van der Waals surface area (Å²) < 4.78 is 15.5. The summed E-state index contributed by atoms with van der Waals surface area (Å²) >= 11 is 0. The highest BCUT2D eigenvalue weighted by molar-refractivity contribution is 6.30. The van der Waals surface area contributed by atoms with E-state index in [0.29, 0.717) is 17.2 Å². The fraction of sp³-hybridized carbons (Fsp3) is 0.273. The summed E-state index contributed by atoms with van der Waals surface area (Å²) in [5.41, 5.74) is -0.218. The average Bonchev–Trinajstić information content (AvgIpc) is 2.71. The van der Waals surface area contributed by atoms with Gasteiger partial charge in [0.2, 0.25) is 6.29 Å². The maximum Gasteiger partial charge on any atom is 0.308 e. The van der Waals surface area contributed by atoms with Gasteiger partial charge in [-0.1, -0.05) is 31.2 Å². The molecule has 0 bridgehead atoms. The van der Waals surface area contributed by atoms with E-state index in [-0.39, 0.29) is 34.5 Å². The number of rotatable bonds is 4. The molecule has 154 valence electrons. The number of ketones is 2. The summed E-state index contributed by atoms with van der Waals surface area (Å²) in [6, 6.07) is 8.44. The summed E-state index contributed by atoms with van der Waals surface area (Å²) in [4.78, 5) is 49.5. The number of ether oxygens (including phenoxy) is 3. The lowest BCUT2D eigenvalue weighted by Crippen LogP contribution is -2.45. The number of fused-ring (bicyclic) bond motifs is 2. The molecule has 4 rings (SSSR count). The van der Waals surface area contributed by atoms with Crippen molar-refractivity contribution in [2.75, 3.05) is 0 Å². The highest BCUT2D eigenvalue weighted by Gasteiger charge is 2.48. The SMILES string of the molecule is CCC1C2=C(C(=O)c3c(cc4ccccc4c3OC(C)=O)C2=O)[C@H](O)O[C@@H]1OC=O. The van der Waals surface area contributed by atoms with Gasteiger partial charge in [-0.2, -0.15) is 0 Å². The largest absolute Gasteiger partial charge is 0.437 e. The van der Waals surface area contributed by atoms with Crippen LogP contribution >= 0.6 is 0 Å². The predicted molar refractivity (Wildman–Crippen MR) is 103 cm³/mol. The number of aliphatic hydroxyl groups is 1. The van der Waals surface area contributed by atoms with Gasteiger partial charge >= 0.3 is 5.97 Å². The van der Waals surface area contributed by atoms with Crippen molar-refractivity contribution in [3.8, 4) is 5.75 Å². The van der Waals surface area contributed by atoms with E-state index in [4.69, 9.17) is 14.2 Å². The zero-order chi connectivity index (χ0) is 21.6. The normalized spacial score (nSPS) is 23.1. The van der Waals surface area contributed by atoms with Crippen molar-refractivity contribution in [2.45, 2.75) is 32.8 Å². The van der Waals surface area contributed by atoms with Gasteiger partial charge < -0.3 is 19.3 Å². The van der Waals surface area contributed by atoms with E-state index in [2.05, 4.69) is 0 Å². The number of benzene rings is 2. The van der Waals surface area contributed by atoms with Crippen LogP contribution in [0.25, 0.3) is 10.8 Å². The van der Waals surface area contributed by atoms with Crippen LogP contribution in [-0.4, -0.2) is 41.7 Å². The Kier molecular flexibility index (Phi) is 4.97. The van der Waals surface area contributed by atoms with Gasteiger partial charge in [0.05, 0.1) is 17.1 Å². The Morgan fingerprint density at radius 1 is 1.20 bits per heavy atom. The molecule has 0 saturated heterocycles. The van der Waals surface area contributed by atoms with Crippen molar-refractivity contribution in [1.29, 1.82) is 0 Å². The molecule has 0 fully saturated rings. The molecule has 8 heteroatoms. The van der Waals surface area contributed by atoms with E-state index in [1.165, 1.54) is 6.92 Å². The molecule has 0 aromatic heterocycles. The standard InChI is InChI=1S/C22H18O8/c1-3-12-15-17(21(27)30-22(12)28-9-23)19(26)16-14(18(15)25)8-11-6-4-5-7-13(11)20(16)29-10(2)24/h4-9,12,21-22,27H,3H2,1-2H3/t12?,21-,22+/m1/s1. The Morgan fingerprint density at radius 2 is 1.93 bits per heavy atom.